The predicted octanol–water partition coefficient (Wildman–Crippen LogP) is 4.01. The molecule has 0 spiro atoms. The summed E-state index contributed by atoms with van der Waals surface area (Å²) >= 11 is 1.59. The van der Waals surface area contributed by atoms with Crippen LogP contribution in [-0.4, -0.2) is 23.8 Å². The fourth-order valence-electron chi connectivity index (χ4n) is 3.00. The van der Waals surface area contributed by atoms with Gasteiger partial charge in [-0.15, -0.1) is 11.3 Å². The summed E-state index contributed by atoms with van der Waals surface area (Å²) in [5.74, 6) is -0.963. The highest BCUT2D eigenvalue weighted by Crippen LogP contribution is 2.30. The number of amides is 1. The molecule has 0 aliphatic heterocycles. The first kappa shape index (κ1) is 18.3. The van der Waals surface area contributed by atoms with Crippen LogP contribution in [0.1, 0.15) is 57.8 Å². The zero-order chi connectivity index (χ0) is 18.7. The maximum absolute atomic E-state index is 12.4. The molecule has 1 N–H and O–H groups in total. The first-order valence-electron chi connectivity index (χ1n) is 8.68. The SMILES string of the molecule is CC(=O)c1cccc(NC(=O)[C@@H](C)OC(=O)c2csc3c2CCCC3)c1. The van der Waals surface area contributed by atoms with Gasteiger partial charge in [-0.25, -0.2) is 4.79 Å². The van der Waals surface area contributed by atoms with Crippen molar-refractivity contribution >= 4 is 34.7 Å². The van der Waals surface area contributed by atoms with Gasteiger partial charge in [0.25, 0.3) is 5.91 Å². The largest absolute Gasteiger partial charge is 0.449 e. The molecule has 1 aromatic carbocycles. The minimum Gasteiger partial charge on any atom is -0.449 e. The van der Waals surface area contributed by atoms with Gasteiger partial charge < -0.3 is 10.1 Å². The van der Waals surface area contributed by atoms with E-state index in [2.05, 4.69) is 5.32 Å². The van der Waals surface area contributed by atoms with Crippen molar-refractivity contribution in [1.29, 1.82) is 0 Å². The number of hydrogen-bond donors (Lipinski definition) is 1. The molecule has 1 aliphatic carbocycles. The highest BCUT2D eigenvalue weighted by Gasteiger charge is 2.24. The van der Waals surface area contributed by atoms with E-state index in [0.29, 0.717) is 16.8 Å². The molecule has 0 saturated heterocycles. The molecule has 1 amide bonds. The lowest BCUT2D eigenvalue weighted by atomic mass is 9.96. The summed E-state index contributed by atoms with van der Waals surface area (Å²) < 4.78 is 5.36. The predicted molar refractivity (Wildman–Crippen MR) is 101 cm³/mol. The van der Waals surface area contributed by atoms with E-state index in [-0.39, 0.29) is 5.78 Å². The molecule has 1 heterocycles. The minimum atomic E-state index is -0.928. The number of fused-ring (bicyclic) bond motifs is 1. The number of rotatable bonds is 5. The Bertz CT molecular complexity index is 855. The van der Waals surface area contributed by atoms with E-state index in [1.807, 2.05) is 5.38 Å². The van der Waals surface area contributed by atoms with Crippen LogP contribution in [0.4, 0.5) is 5.69 Å². The Balaban J connectivity index is 1.64. The molecule has 136 valence electrons. The van der Waals surface area contributed by atoms with E-state index >= 15 is 0 Å². The van der Waals surface area contributed by atoms with E-state index in [1.54, 1.807) is 42.5 Å². The number of benzene rings is 1. The van der Waals surface area contributed by atoms with Crippen LogP contribution in [-0.2, 0) is 22.4 Å². The summed E-state index contributed by atoms with van der Waals surface area (Å²) in [4.78, 5) is 37.4. The summed E-state index contributed by atoms with van der Waals surface area (Å²) in [5.41, 5.74) is 2.67. The number of carbonyl (C=O) groups excluding carboxylic acids is 3. The standard InChI is InChI=1S/C20H21NO4S/c1-12(22)14-6-5-7-15(10-14)21-19(23)13(2)25-20(24)17-11-26-18-9-4-3-8-16(17)18/h5-7,10-11,13H,3-4,8-9H2,1-2H3,(H,21,23)/t13-/m1/s1. The van der Waals surface area contributed by atoms with Gasteiger partial charge in [-0.2, -0.15) is 0 Å². The maximum Gasteiger partial charge on any atom is 0.340 e. The average Bonchev–Trinajstić information content (AvgIpc) is 3.06. The Labute approximate surface area is 156 Å². The third-order valence-corrected chi connectivity index (χ3v) is 5.56. The first-order chi connectivity index (χ1) is 12.5. The second kappa shape index (κ2) is 7.83. The van der Waals surface area contributed by atoms with E-state index in [4.69, 9.17) is 4.74 Å². The molecule has 2 aromatic rings. The lowest BCUT2D eigenvalue weighted by Gasteiger charge is -2.15. The molecule has 0 unspecified atom stereocenters. The summed E-state index contributed by atoms with van der Waals surface area (Å²) in [6, 6.07) is 6.67. The number of Topliss-reactive ketones (excluding diaryl/α,β-unsaturated/α-hetero) is 1. The first-order valence-corrected chi connectivity index (χ1v) is 9.55. The molecule has 0 saturated carbocycles. The smallest absolute Gasteiger partial charge is 0.340 e. The molecule has 1 aromatic heterocycles. The monoisotopic (exact) mass is 371 g/mol. The van der Waals surface area contributed by atoms with Crippen molar-refractivity contribution in [3.63, 3.8) is 0 Å². The van der Waals surface area contributed by atoms with Gasteiger partial charge in [-0.05, 0) is 57.2 Å². The molecule has 6 heteroatoms. The fraction of sp³-hybridized carbons (Fsp3) is 0.350. The number of anilines is 1. The van der Waals surface area contributed by atoms with Crippen LogP contribution in [0.25, 0.3) is 0 Å². The van der Waals surface area contributed by atoms with Gasteiger partial charge >= 0.3 is 5.97 Å². The van der Waals surface area contributed by atoms with Gasteiger partial charge in [0, 0.05) is 21.5 Å². The number of nitrogens with one attached hydrogen (secondary N) is 1. The summed E-state index contributed by atoms with van der Waals surface area (Å²) in [6.45, 7) is 3.01. The Kier molecular flexibility index (Phi) is 5.52. The average molecular weight is 371 g/mol. The van der Waals surface area contributed by atoms with Crippen LogP contribution in [0.5, 0.6) is 0 Å². The molecular weight excluding hydrogens is 350 g/mol. The third kappa shape index (κ3) is 4.02. The van der Waals surface area contributed by atoms with Gasteiger partial charge in [0.1, 0.15) is 0 Å². The zero-order valence-corrected chi connectivity index (χ0v) is 15.7. The van der Waals surface area contributed by atoms with Crippen LogP contribution in [0.3, 0.4) is 0 Å². The van der Waals surface area contributed by atoms with Crippen LogP contribution in [0.2, 0.25) is 0 Å². The Hall–Kier alpha value is -2.47. The Morgan fingerprint density at radius 2 is 1.96 bits per heavy atom. The summed E-state index contributed by atoms with van der Waals surface area (Å²) in [6.07, 6.45) is 3.20. The number of thiophene rings is 1. The summed E-state index contributed by atoms with van der Waals surface area (Å²) in [7, 11) is 0. The van der Waals surface area contributed by atoms with E-state index in [9.17, 15) is 14.4 Å². The van der Waals surface area contributed by atoms with Crippen molar-refractivity contribution in [3.8, 4) is 0 Å². The van der Waals surface area contributed by atoms with Crippen molar-refractivity contribution < 1.29 is 19.1 Å². The van der Waals surface area contributed by atoms with Crippen molar-refractivity contribution in [2.24, 2.45) is 0 Å². The second-order valence-electron chi connectivity index (χ2n) is 6.43. The Morgan fingerprint density at radius 1 is 1.19 bits per heavy atom. The zero-order valence-electron chi connectivity index (χ0n) is 14.8. The topological polar surface area (TPSA) is 72.5 Å². The maximum atomic E-state index is 12.4. The summed E-state index contributed by atoms with van der Waals surface area (Å²) in [5, 5.41) is 4.52. The van der Waals surface area contributed by atoms with E-state index in [1.165, 1.54) is 11.8 Å². The number of ether oxygens (including phenoxy) is 1. The fourth-order valence-corrected chi connectivity index (χ4v) is 4.12. The molecule has 1 atom stereocenters. The van der Waals surface area contributed by atoms with Crippen molar-refractivity contribution in [2.75, 3.05) is 5.32 Å². The van der Waals surface area contributed by atoms with Crippen LogP contribution < -0.4 is 5.32 Å². The lowest BCUT2D eigenvalue weighted by Crippen LogP contribution is -2.30. The van der Waals surface area contributed by atoms with Crippen LogP contribution in [0, 0.1) is 0 Å². The third-order valence-electron chi connectivity index (χ3n) is 4.47. The quantitative estimate of drug-likeness (QED) is 0.637. The van der Waals surface area contributed by atoms with Gasteiger partial charge in [-0.3, -0.25) is 9.59 Å². The van der Waals surface area contributed by atoms with Crippen LogP contribution in [0.15, 0.2) is 29.6 Å². The van der Waals surface area contributed by atoms with Crippen molar-refractivity contribution in [1.82, 2.24) is 0 Å². The highest BCUT2D eigenvalue weighted by molar-refractivity contribution is 7.10. The Morgan fingerprint density at radius 3 is 2.73 bits per heavy atom. The minimum absolute atomic E-state index is 0.0807. The number of carbonyl (C=O) groups is 3. The normalized spacial score (nSPS) is 14.2. The van der Waals surface area contributed by atoms with Crippen molar-refractivity contribution in [3.05, 3.63) is 51.2 Å². The molecular formula is C20H21NO4S. The number of hydrogen-bond acceptors (Lipinski definition) is 5. The van der Waals surface area contributed by atoms with Crippen LogP contribution >= 0.6 is 11.3 Å². The molecule has 1 aliphatic rings. The van der Waals surface area contributed by atoms with Gasteiger partial charge in [0.15, 0.2) is 11.9 Å². The van der Waals surface area contributed by atoms with Gasteiger partial charge in [-0.1, -0.05) is 12.1 Å². The van der Waals surface area contributed by atoms with E-state index in [0.717, 1.165) is 31.2 Å². The van der Waals surface area contributed by atoms with Gasteiger partial charge in [0.2, 0.25) is 0 Å². The molecule has 0 bridgehead atoms. The molecule has 0 fully saturated rings. The molecule has 3 rings (SSSR count). The lowest BCUT2D eigenvalue weighted by molar-refractivity contribution is -0.123. The molecule has 5 nitrogen and oxygen atoms in total. The number of esters is 1. The van der Waals surface area contributed by atoms with Crippen molar-refractivity contribution in [2.45, 2.75) is 45.6 Å². The van der Waals surface area contributed by atoms with Gasteiger partial charge in [0.05, 0.1) is 5.56 Å². The molecule has 0 radical (unpaired) electrons. The molecule has 26 heavy (non-hydrogen) atoms. The number of ketones is 1. The second-order valence-corrected chi connectivity index (χ2v) is 7.40. The van der Waals surface area contributed by atoms with E-state index < -0.39 is 18.0 Å². The number of aryl methyl sites for hydroxylation is 1. The highest BCUT2D eigenvalue weighted by atomic mass is 32.1.